The number of anilines is 1. The Labute approximate surface area is 189 Å². The van der Waals surface area contributed by atoms with E-state index >= 15 is 0 Å². The second kappa shape index (κ2) is 10.1. The first kappa shape index (κ1) is 22.2. The maximum atomic E-state index is 12.5. The largest absolute Gasteiger partial charge is 0.497 e. The van der Waals surface area contributed by atoms with Crippen LogP contribution in [0.25, 0.3) is 0 Å². The Hall–Kier alpha value is -3.98. The number of hydrogen-bond donors (Lipinski definition) is 1. The summed E-state index contributed by atoms with van der Waals surface area (Å²) in [6.07, 6.45) is 1.88. The number of nitrogens with zero attached hydrogens (tertiary/aromatic N) is 2. The van der Waals surface area contributed by atoms with Crippen molar-refractivity contribution in [1.82, 2.24) is 9.55 Å². The molecular formula is C24H23N3O6. The van der Waals surface area contributed by atoms with E-state index in [4.69, 9.17) is 14.2 Å². The van der Waals surface area contributed by atoms with Crippen LogP contribution < -0.4 is 15.7 Å². The molecule has 9 nitrogen and oxygen atoms in total. The van der Waals surface area contributed by atoms with Crippen molar-refractivity contribution in [3.05, 3.63) is 88.5 Å². The molecule has 1 aliphatic rings. The van der Waals surface area contributed by atoms with E-state index < -0.39 is 17.9 Å². The molecule has 0 spiro atoms. The summed E-state index contributed by atoms with van der Waals surface area (Å²) in [5.41, 5.74) is 0.343. The van der Waals surface area contributed by atoms with Crippen molar-refractivity contribution >= 4 is 17.7 Å². The Morgan fingerprint density at radius 2 is 1.82 bits per heavy atom. The predicted molar refractivity (Wildman–Crippen MR) is 119 cm³/mol. The highest BCUT2D eigenvalue weighted by Crippen LogP contribution is 2.27. The Kier molecular flexibility index (Phi) is 6.80. The Morgan fingerprint density at radius 3 is 2.52 bits per heavy atom. The van der Waals surface area contributed by atoms with Crippen molar-refractivity contribution in [3.8, 4) is 5.75 Å². The van der Waals surface area contributed by atoms with Crippen LogP contribution in [-0.2, 0) is 9.47 Å². The van der Waals surface area contributed by atoms with Crippen molar-refractivity contribution in [2.75, 3.05) is 19.0 Å². The van der Waals surface area contributed by atoms with Crippen LogP contribution in [0, 0.1) is 0 Å². The van der Waals surface area contributed by atoms with Crippen LogP contribution in [0.15, 0.2) is 71.7 Å². The lowest BCUT2D eigenvalue weighted by molar-refractivity contribution is -0.0339. The second-order valence-electron chi connectivity index (χ2n) is 7.44. The molecule has 1 fully saturated rings. The molecule has 1 aromatic heterocycles. The number of esters is 1. The molecule has 33 heavy (non-hydrogen) atoms. The van der Waals surface area contributed by atoms with E-state index in [-0.39, 0.29) is 24.4 Å². The molecule has 1 N–H and O–H groups in total. The highest BCUT2D eigenvalue weighted by atomic mass is 16.6. The van der Waals surface area contributed by atoms with Crippen molar-refractivity contribution in [3.63, 3.8) is 0 Å². The summed E-state index contributed by atoms with van der Waals surface area (Å²) in [5.74, 6) is 0.00412. The van der Waals surface area contributed by atoms with Gasteiger partial charge in [-0.1, -0.05) is 18.2 Å². The number of carbonyl (C=O) groups is 2. The minimum absolute atomic E-state index is 0.0781. The highest BCUT2D eigenvalue weighted by Gasteiger charge is 2.28. The average molecular weight is 449 g/mol. The van der Waals surface area contributed by atoms with Crippen molar-refractivity contribution in [2.24, 2.45) is 0 Å². The molecule has 0 bridgehead atoms. The minimum Gasteiger partial charge on any atom is -0.497 e. The van der Waals surface area contributed by atoms with Crippen molar-refractivity contribution < 1.29 is 23.8 Å². The Balaban J connectivity index is 1.31. The van der Waals surface area contributed by atoms with Crippen LogP contribution in [0.1, 0.15) is 39.8 Å². The number of nitrogens with one attached hydrogen (secondary N) is 1. The zero-order valence-electron chi connectivity index (χ0n) is 18.0. The van der Waals surface area contributed by atoms with Gasteiger partial charge in [0.2, 0.25) is 0 Å². The lowest BCUT2D eigenvalue weighted by Crippen LogP contribution is -2.29. The molecular weight excluding hydrogens is 426 g/mol. The Bertz CT molecular complexity index is 1180. The van der Waals surface area contributed by atoms with Gasteiger partial charge in [-0.3, -0.25) is 9.36 Å². The van der Waals surface area contributed by atoms with Gasteiger partial charge in [0.1, 0.15) is 24.4 Å². The number of hydrogen-bond acceptors (Lipinski definition) is 7. The first-order chi connectivity index (χ1) is 16.0. The van der Waals surface area contributed by atoms with Gasteiger partial charge in [0, 0.05) is 11.8 Å². The van der Waals surface area contributed by atoms with Gasteiger partial charge >= 0.3 is 11.7 Å². The van der Waals surface area contributed by atoms with Crippen LogP contribution in [0.2, 0.25) is 0 Å². The van der Waals surface area contributed by atoms with E-state index in [1.165, 1.54) is 10.8 Å². The maximum absolute atomic E-state index is 12.5. The summed E-state index contributed by atoms with van der Waals surface area (Å²) in [7, 11) is 1.55. The highest BCUT2D eigenvalue weighted by molar-refractivity contribution is 6.03. The summed E-state index contributed by atoms with van der Waals surface area (Å²) >= 11 is 0. The molecule has 1 saturated heterocycles. The van der Waals surface area contributed by atoms with E-state index in [2.05, 4.69) is 10.3 Å². The van der Waals surface area contributed by atoms with Crippen LogP contribution in [0.5, 0.6) is 5.75 Å². The molecule has 0 aliphatic carbocycles. The van der Waals surface area contributed by atoms with E-state index in [0.717, 1.165) is 0 Å². The monoisotopic (exact) mass is 449 g/mol. The fourth-order valence-electron chi connectivity index (χ4n) is 3.47. The minimum atomic E-state index is -0.540. The first-order valence-electron chi connectivity index (χ1n) is 10.5. The van der Waals surface area contributed by atoms with E-state index in [9.17, 15) is 14.4 Å². The topological polar surface area (TPSA) is 109 Å². The third kappa shape index (κ3) is 5.45. The smallest absolute Gasteiger partial charge is 0.351 e. The van der Waals surface area contributed by atoms with E-state index in [1.54, 1.807) is 61.7 Å². The lowest BCUT2D eigenvalue weighted by Gasteiger charge is -2.16. The van der Waals surface area contributed by atoms with Gasteiger partial charge in [-0.15, -0.1) is 0 Å². The third-order valence-corrected chi connectivity index (χ3v) is 5.23. The van der Waals surface area contributed by atoms with Crippen molar-refractivity contribution in [2.45, 2.75) is 25.2 Å². The second-order valence-corrected chi connectivity index (χ2v) is 7.44. The number of carbonyl (C=O) groups excluding carboxylic acids is 2. The van der Waals surface area contributed by atoms with Gasteiger partial charge in [0.25, 0.3) is 5.91 Å². The number of rotatable bonds is 7. The Morgan fingerprint density at radius 1 is 1.06 bits per heavy atom. The molecule has 1 amide bonds. The number of amides is 1. The van der Waals surface area contributed by atoms with Gasteiger partial charge < -0.3 is 19.5 Å². The predicted octanol–water partition coefficient (Wildman–Crippen LogP) is 3.04. The summed E-state index contributed by atoms with van der Waals surface area (Å²) < 4.78 is 17.7. The van der Waals surface area contributed by atoms with Gasteiger partial charge in [0.05, 0.1) is 18.8 Å². The molecule has 0 radical (unpaired) electrons. The SMILES string of the molecule is COc1ccc(C(=O)OC[C@@H]2CC[C@H](n3ccc(NC(=O)c4ccccc4)nc3=O)O2)cc1. The summed E-state index contributed by atoms with van der Waals surface area (Å²) in [5, 5.41) is 2.61. The number of benzene rings is 2. The van der Waals surface area contributed by atoms with Gasteiger partial charge in [-0.2, -0.15) is 4.98 Å². The fourth-order valence-corrected chi connectivity index (χ4v) is 3.47. The number of aromatic nitrogens is 2. The number of ether oxygens (including phenoxy) is 3. The molecule has 3 aromatic rings. The lowest BCUT2D eigenvalue weighted by atomic mass is 10.2. The fraction of sp³-hybridized carbons (Fsp3) is 0.250. The standard InChI is InChI=1S/C24H23N3O6/c1-31-18-9-7-17(8-10-18)23(29)32-15-19-11-12-21(33-19)27-14-13-20(26-24(27)30)25-22(28)16-5-3-2-4-6-16/h2-10,13-14,19,21H,11-12,15H2,1H3,(H,25,26,28,30)/t19-,21+/m0/s1. The molecule has 2 atom stereocenters. The quantitative estimate of drug-likeness (QED) is 0.552. The summed E-state index contributed by atoms with van der Waals surface area (Å²) in [6, 6.07) is 16.8. The van der Waals surface area contributed by atoms with Crippen molar-refractivity contribution in [1.29, 1.82) is 0 Å². The molecule has 2 aromatic carbocycles. The molecule has 0 unspecified atom stereocenters. The van der Waals surface area contributed by atoms with Gasteiger partial charge in [0.15, 0.2) is 0 Å². The maximum Gasteiger partial charge on any atom is 0.351 e. The van der Waals surface area contributed by atoms with E-state index in [1.807, 2.05) is 6.07 Å². The normalized spacial score (nSPS) is 17.4. The molecule has 170 valence electrons. The first-order valence-corrected chi connectivity index (χ1v) is 10.5. The zero-order chi connectivity index (χ0) is 23.2. The van der Waals surface area contributed by atoms with Gasteiger partial charge in [-0.05, 0) is 55.3 Å². The molecule has 1 aliphatic heterocycles. The van der Waals surface area contributed by atoms with Crippen LogP contribution in [0.3, 0.4) is 0 Å². The average Bonchev–Trinajstić information content (AvgIpc) is 3.32. The van der Waals surface area contributed by atoms with Crippen LogP contribution >= 0.6 is 0 Å². The van der Waals surface area contributed by atoms with Crippen LogP contribution in [-0.4, -0.2) is 41.2 Å². The summed E-state index contributed by atoms with van der Waals surface area (Å²) in [4.78, 5) is 40.9. The molecule has 4 rings (SSSR count). The summed E-state index contributed by atoms with van der Waals surface area (Å²) in [6.45, 7) is 0.0781. The zero-order valence-corrected chi connectivity index (χ0v) is 18.0. The van der Waals surface area contributed by atoms with E-state index in [0.29, 0.717) is 29.7 Å². The van der Waals surface area contributed by atoms with Gasteiger partial charge in [-0.25, -0.2) is 9.59 Å². The van der Waals surface area contributed by atoms with Crippen LogP contribution in [0.4, 0.5) is 5.82 Å². The molecule has 2 heterocycles. The molecule has 9 heteroatoms. The molecule has 0 saturated carbocycles. The third-order valence-electron chi connectivity index (χ3n) is 5.23. The number of methoxy groups -OCH3 is 1.